The number of aryl methyl sites for hydroxylation is 2. The maximum absolute atomic E-state index is 14.2. The molecule has 0 aliphatic carbocycles. The maximum atomic E-state index is 14.2. The second-order valence-corrected chi connectivity index (χ2v) is 6.59. The van der Waals surface area contributed by atoms with E-state index in [2.05, 4.69) is 20.0 Å². The molecule has 0 radical (unpaired) electrons. The third-order valence-electron chi connectivity index (χ3n) is 4.38. The lowest BCUT2D eigenvalue weighted by atomic mass is 9.94. The summed E-state index contributed by atoms with van der Waals surface area (Å²) in [6, 6.07) is 6.56. The highest BCUT2D eigenvalue weighted by Gasteiger charge is 2.44. The lowest BCUT2D eigenvalue weighted by Crippen LogP contribution is -2.25. The van der Waals surface area contributed by atoms with Crippen molar-refractivity contribution in [2.24, 2.45) is 11.1 Å². The number of nitrogens with zero attached hydrogens (tertiary/aromatic N) is 4. The fourth-order valence-electron chi connectivity index (χ4n) is 3.32. The van der Waals surface area contributed by atoms with E-state index in [0.29, 0.717) is 35.3 Å². The first-order valence-electron chi connectivity index (χ1n) is 7.78. The Kier molecular flexibility index (Phi) is 3.64. The zero-order valence-corrected chi connectivity index (χ0v) is 14.1. The molecule has 5 nitrogen and oxygen atoms in total. The van der Waals surface area contributed by atoms with Gasteiger partial charge in [0, 0.05) is 17.9 Å². The standard InChI is InChI=1S/C17H16ClFN4O/c1-9-6-10(2)21-17(20-9)23-7-11-14(8-23)24-22-16(11)15-12(18)4-3-5-13(15)19/h3-6,11,14H,7-8H2,1-2H3. The van der Waals surface area contributed by atoms with E-state index in [0.717, 1.165) is 11.4 Å². The summed E-state index contributed by atoms with van der Waals surface area (Å²) in [5, 5.41) is 4.45. The summed E-state index contributed by atoms with van der Waals surface area (Å²) in [7, 11) is 0. The van der Waals surface area contributed by atoms with E-state index in [1.807, 2.05) is 19.9 Å². The number of anilines is 1. The van der Waals surface area contributed by atoms with E-state index in [9.17, 15) is 4.39 Å². The Labute approximate surface area is 144 Å². The van der Waals surface area contributed by atoms with E-state index < -0.39 is 0 Å². The van der Waals surface area contributed by atoms with Gasteiger partial charge in [-0.15, -0.1) is 0 Å². The third kappa shape index (κ3) is 2.51. The van der Waals surface area contributed by atoms with Crippen molar-refractivity contribution < 1.29 is 9.23 Å². The minimum atomic E-state index is -0.383. The molecule has 0 spiro atoms. The van der Waals surface area contributed by atoms with Crippen LogP contribution in [0.15, 0.2) is 29.4 Å². The van der Waals surface area contributed by atoms with Gasteiger partial charge in [-0.25, -0.2) is 14.4 Å². The third-order valence-corrected chi connectivity index (χ3v) is 4.69. The average molecular weight is 347 g/mol. The second-order valence-electron chi connectivity index (χ2n) is 6.18. The zero-order chi connectivity index (χ0) is 16.8. The van der Waals surface area contributed by atoms with Gasteiger partial charge in [0.05, 0.1) is 23.0 Å². The lowest BCUT2D eigenvalue weighted by Gasteiger charge is -2.17. The number of benzene rings is 1. The SMILES string of the molecule is Cc1cc(C)nc(N2CC3ON=C(c4c(F)cccc4Cl)C3C2)n1. The minimum Gasteiger partial charge on any atom is -0.390 e. The number of rotatable bonds is 2. The highest BCUT2D eigenvalue weighted by atomic mass is 35.5. The first-order valence-corrected chi connectivity index (χ1v) is 8.16. The summed E-state index contributed by atoms with van der Waals surface area (Å²) in [5.74, 6) is 0.236. The van der Waals surface area contributed by atoms with Gasteiger partial charge < -0.3 is 9.74 Å². The molecule has 3 heterocycles. The van der Waals surface area contributed by atoms with Crippen LogP contribution in [-0.2, 0) is 4.84 Å². The van der Waals surface area contributed by atoms with Crippen molar-refractivity contribution in [1.29, 1.82) is 0 Å². The summed E-state index contributed by atoms with van der Waals surface area (Å²) in [5.41, 5.74) is 2.73. The monoisotopic (exact) mass is 346 g/mol. The molecule has 2 atom stereocenters. The highest BCUT2D eigenvalue weighted by molar-refractivity contribution is 6.34. The Balaban J connectivity index is 1.64. The maximum Gasteiger partial charge on any atom is 0.225 e. The Morgan fingerprint density at radius 2 is 1.96 bits per heavy atom. The van der Waals surface area contributed by atoms with E-state index in [1.54, 1.807) is 12.1 Å². The summed E-state index contributed by atoms with van der Waals surface area (Å²) in [6.07, 6.45) is -0.139. The molecule has 1 aromatic carbocycles. The number of fused-ring (bicyclic) bond motifs is 1. The molecule has 1 saturated heterocycles. The summed E-state index contributed by atoms with van der Waals surface area (Å²) < 4.78 is 14.2. The largest absolute Gasteiger partial charge is 0.390 e. The molecule has 0 bridgehead atoms. The molecule has 1 fully saturated rings. The van der Waals surface area contributed by atoms with E-state index in [-0.39, 0.29) is 17.8 Å². The van der Waals surface area contributed by atoms with E-state index >= 15 is 0 Å². The van der Waals surface area contributed by atoms with Crippen molar-refractivity contribution in [3.05, 3.63) is 52.1 Å². The summed E-state index contributed by atoms with van der Waals surface area (Å²) in [4.78, 5) is 16.6. The molecule has 2 aromatic rings. The van der Waals surface area contributed by atoms with Gasteiger partial charge in [-0.3, -0.25) is 0 Å². The van der Waals surface area contributed by atoms with E-state index in [4.69, 9.17) is 16.4 Å². The lowest BCUT2D eigenvalue weighted by molar-refractivity contribution is 0.0853. The summed E-state index contributed by atoms with van der Waals surface area (Å²) in [6.45, 7) is 5.12. The van der Waals surface area contributed by atoms with Crippen LogP contribution in [0.3, 0.4) is 0 Å². The molecular weight excluding hydrogens is 331 g/mol. The molecule has 2 aliphatic rings. The molecule has 7 heteroatoms. The minimum absolute atomic E-state index is 0.0520. The van der Waals surface area contributed by atoms with Crippen molar-refractivity contribution in [2.75, 3.05) is 18.0 Å². The Hall–Kier alpha value is -2.21. The smallest absolute Gasteiger partial charge is 0.225 e. The molecule has 2 aliphatic heterocycles. The van der Waals surface area contributed by atoms with Crippen LogP contribution in [0.25, 0.3) is 0 Å². The second kappa shape index (κ2) is 5.70. The Bertz CT molecular complexity index is 801. The predicted octanol–water partition coefficient (Wildman–Crippen LogP) is 3.13. The van der Waals surface area contributed by atoms with Gasteiger partial charge in [-0.1, -0.05) is 22.8 Å². The van der Waals surface area contributed by atoms with Gasteiger partial charge in [0.2, 0.25) is 5.95 Å². The molecule has 2 unspecified atom stereocenters. The number of oxime groups is 1. The molecule has 0 saturated carbocycles. The van der Waals surface area contributed by atoms with Crippen LogP contribution in [0.2, 0.25) is 5.02 Å². The number of hydrogen-bond donors (Lipinski definition) is 0. The van der Waals surface area contributed by atoms with Crippen LogP contribution >= 0.6 is 11.6 Å². The molecule has 0 amide bonds. The average Bonchev–Trinajstić information content (AvgIpc) is 3.07. The van der Waals surface area contributed by atoms with Gasteiger partial charge in [0.15, 0.2) is 6.10 Å². The van der Waals surface area contributed by atoms with Crippen LogP contribution in [0.4, 0.5) is 10.3 Å². The highest BCUT2D eigenvalue weighted by Crippen LogP contribution is 2.34. The topological polar surface area (TPSA) is 50.6 Å². The van der Waals surface area contributed by atoms with Crippen molar-refractivity contribution >= 4 is 23.3 Å². The van der Waals surface area contributed by atoms with Crippen LogP contribution < -0.4 is 4.90 Å². The molecule has 4 rings (SSSR count). The summed E-state index contributed by atoms with van der Waals surface area (Å²) >= 11 is 6.18. The normalized spacial score (nSPS) is 22.3. The van der Waals surface area contributed by atoms with Crippen LogP contribution in [-0.4, -0.2) is 34.9 Å². The first-order chi connectivity index (χ1) is 11.5. The fraction of sp³-hybridized carbons (Fsp3) is 0.353. The van der Waals surface area contributed by atoms with Crippen molar-refractivity contribution in [1.82, 2.24) is 9.97 Å². The molecule has 24 heavy (non-hydrogen) atoms. The quantitative estimate of drug-likeness (QED) is 0.838. The van der Waals surface area contributed by atoms with Crippen molar-refractivity contribution in [2.45, 2.75) is 20.0 Å². The predicted molar refractivity (Wildman–Crippen MR) is 90.0 cm³/mol. The molecular formula is C17H16ClFN4O. The first kappa shape index (κ1) is 15.3. The van der Waals surface area contributed by atoms with Crippen LogP contribution in [0.1, 0.15) is 17.0 Å². The van der Waals surface area contributed by atoms with E-state index in [1.165, 1.54) is 6.07 Å². The van der Waals surface area contributed by atoms with Gasteiger partial charge in [0.1, 0.15) is 11.5 Å². The number of halogens is 2. The molecule has 1 aromatic heterocycles. The van der Waals surface area contributed by atoms with Gasteiger partial charge >= 0.3 is 0 Å². The Morgan fingerprint density at radius 3 is 2.67 bits per heavy atom. The fourth-order valence-corrected chi connectivity index (χ4v) is 3.58. The van der Waals surface area contributed by atoms with Crippen LogP contribution in [0.5, 0.6) is 0 Å². The number of aromatic nitrogens is 2. The zero-order valence-electron chi connectivity index (χ0n) is 13.3. The molecule has 0 N–H and O–H groups in total. The van der Waals surface area contributed by atoms with Crippen LogP contribution in [0, 0.1) is 25.6 Å². The Morgan fingerprint density at radius 1 is 1.21 bits per heavy atom. The van der Waals surface area contributed by atoms with Crippen molar-refractivity contribution in [3.63, 3.8) is 0 Å². The van der Waals surface area contributed by atoms with Gasteiger partial charge in [-0.05, 0) is 32.0 Å². The van der Waals surface area contributed by atoms with Gasteiger partial charge in [0.25, 0.3) is 0 Å². The van der Waals surface area contributed by atoms with Crippen molar-refractivity contribution in [3.8, 4) is 0 Å². The van der Waals surface area contributed by atoms with Gasteiger partial charge in [-0.2, -0.15) is 0 Å². The molecule has 124 valence electrons. The number of hydrogen-bond acceptors (Lipinski definition) is 5.